The van der Waals surface area contributed by atoms with E-state index in [1.807, 2.05) is 31.2 Å². The van der Waals surface area contributed by atoms with Gasteiger partial charge in [-0.1, -0.05) is 35.9 Å². The van der Waals surface area contributed by atoms with Gasteiger partial charge in [-0.25, -0.2) is 0 Å². The van der Waals surface area contributed by atoms with Crippen LogP contribution >= 0.6 is 11.6 Å². The lowest BCUT2D eigenvalue weighted by Crippen LogP contribution is -2.15. The summed E-state index contributed by atoms with van der Waals surface area (Å²) in [6.45, 7) is 1.99. The molecule has 2 aromatic rings. The molecule has 0 saturated heterocycles. The molecule has 0 aliphatic rings. The van der Waals surface area contributed by atoms with Crippen LogP contribution < -0.4 is 10.1 Å². The molecule has 20 heavy (non-hydrogen) atoms. The van der Waals surface area contributed by atoms with Crippen molar-refractivity contribution in [3.8, 4) is 5.75 Å². The minimum absolute atomic E-state index is 0.0690. The van der Waals surface area contributed by atoms with Crippen LogP contribution in [0.1, 0.15) is 11.1 Å². The van der Waals surface area contributed by atoms with E-state index in [4.69, 9.17) is 16.3 Å². The van der Waals surface area contributed by atoms with Crippen LogP contribution in [0, 0.1) is 6.92 Å². The molecule has 0 fully saturated rings. The Morgan fingerprint density at radius 1 is 1.25 bits per heavy atom. The summed E-state index contributed by atoms with van der Waals surface area (Å²) in [5.74, 6) is 0.518. The minimum atomic E-state index is -0.0690. The summed E-state index contributed by atoms with van der Waals surface area (Å²) in [7, 11) is 1.55. The Bertz CT molecular complexity index is 626. The predicted molar refractivity (Wildman–Crippen MR) is 81.5 cm³/mol. The summed E-state index contributed by atoms with van der Waals surface area (Å²) in [4.78, 5) is 12.0. The van der Waals surface area contributed by atoms with Gasteiger partial charge in [-0.05, 0) is 36.2 Å². The maximum atomic E-state index is 12.0. The Hall–Kier alpha value is -2.00. The van der Waals surface area contributed by atoms with E-state index in [9.17, 15) is 4.79 Å². The van der Waals surface area contributed by atoms with E-state index >= 15 is 0 Å². The van der Waals surface area contributed by atoms with Crippen molar-refractivity contribution in [2.75, 3.05) is 12.4 Å². The van der Waals surface area contributed by atoms with Gasteiger partial charge in [0.1, 0.15) is 5.75 Å². The van der Waals surface area contributed by atoms with E-state index in [-0.39, 0.29) is 5.91 Å². The molecule has 0 unspecified atom stereocenters. The zero-order chi connectivity index (χ0) is 14.5. The second-order valence-corrected chi connectivity index (χ2v) is 4.91. The highest BCUT2D eigenvalue weighted by molar-refractivity contribution is 6.32. The molecule has 0 saturated carbocycles. The summed E-state index contributed by atoms with van der Waals surface area (Å²) in [6.07, 6.45) is 0.344. The lowest BCUT2D eigenvalue weighted by atomic mass is 10.1. The van der Waals surface area contributed by atoms with Gasteiger partial charge in [0.15, 0.2) is 0 Å². The highest BCUT2D eigenvalue weighted by Gasteiger charge is 2.08. The van der Waals surface area contributed by atoms with Gasteiger partial charge >= 0.3 is 0 Å². The van der Waals surface area contributed by atoms with Crippen LogP contribution in [0.2, 0.25) is 5.02 Å². The van der Waals surface area contributed by atoms with Crippen LogP contribution in [0.25, 0.3) is 0 Å². The lowest BCUT2D eigenvalue weighted by molar-refractivity contribution is -0.115. The number of methoxy groups -OCH3 is 1. The first-order valence-electron chi connectivity index (χ1n) is 6.28. The second kappa shape index (κ2) is 6.44. The van der Waals surface area contributed by atoms with E-state index < -0.39 is 0 Å². The Morgan fingerprint density at radius 2 is 2.00 bits per heavy atom. The minimum Gasteiger partial charge on any atom is -0.495 e. The Morgan fingerprint density at radius 3 is 2.65 bits per heavy atom. The van der Waals surface area contributed by atoms with Crippen molar-refractivity contribution in [3.05, 3.63) is 58.6 Å². The van der Waals surface area contributed by atoms with E-state index in [0.29, 0.717) is 22.9 Å². The average Bonchev–Trinajstić information content (AvgIpc) is 2.41. The van der Waals surface area contributed by atoms with Gasteiger partial charge in [-0.3, -0.25) is 4.79 Å². The van der Waals surface area contributed by atoms with Gasteiger partial charge in [-0.15, -0.1) is 0 Å². The van der Waals surface area contributed by atoms with Crippen molar-refractivity contribution in [1.29, 1.82) is 0 Å². The van der Waals surface area contributed by atoms with Gasteiger partial charge < -0.3 is 10.1 Å². The number of benzene rings is 2. The topological polar surface area (TPSA) is 38.3 Å². The molecule has 1 N–H and O–H groups in total. The number of ether oxygens (including phenoxy) is 1. The number of rotatable bonds is 4. The second-order valence-electron chi connectivity index (χ2n) is 4.50. The van der Waals surface area contributed by atoms with Crippen molar-refractivity contribution in [1.82, 2.24) is 0 Å². The average molecular weight is 290 g/mol. The number of aryl methyl sites for hydroxylation is 1. The normalized spacial score (nSPS) is 10.2. The molecule has 0 aliphatic carbocycles. The lowest BCUT2D eigenvalue weighted by Gasteiger charge is -2.09. The first kappa shape index (κ1) is 14.4. The van der Waals surface area contributed by atoms with E-state index in [1.54, 1.807) is 25.3 Å². The van der Waals surface area contributed by atoms with Crippen molar-refractivity contribution in [2.24, 2.45) is 0 Å². The number of anilines is 1. The fourth-order valence-electron chi connectivity index (χ4n) is 1.93. The van der Waals surface area contributed by atoms with Crippen LogP contribution in [0.5, 0.6) is 5.75 Å². The van der Waals surface area contributed by atoms with Crippen LogP contribution in [0.3, 0.4) is 0 Å². The van der Waals surface area contributed by atoms with Crippen molar-refractivity contribution in [2.45, 2.75) is 13.3 Å². The quantitative estimate of drug-likeness (QED) is 0.929. The van der Waals surface area contributed by atoms with Gasteiger partial charge in [-0.2, -0.15) is 0 Å². The number of amides is 1. The molecule has 3 nitrogen and oxygen atoms in total. The monoisotopic (exact) mass is 289 g/mol. The third-order valence-corrected chi connectivity index (χ3v) is 3.34. The van der Waals surface area contributed by atoms with Gasteiger partial charge in [0.25, 0.3) is 0 Å². The summed E-state index contributed by atoms with van der Waals surface area (Å²) in [5, 5.41) is 3.30. The summed E-state index contributed by atoms with van der Waals surface area (Å²) < 4.78 is 5.07. The summed E-state index contributed by atoms with van der Waals surface area (Å²) >= 11 is 6.02. The summed E-state index contributed by atoms with van der Waals surface area (Å²) in [6, 6.07) is 13.0. The SMILES string of the molecule is COc1ccc(NC(=O)Cc2ccccc2C)cc1Cl. The highest BCUT2D eigenvalue weighted by Crippen LogP contribution is 2.27. The number of halogens is 1. The van der Waals surface area contributed by atoms with Crippen LogP contribution in [-0.4, -0.2) is 13.0 Å². The number of carbonyl (C=O) groups is 1. The Balaban J connectivity index is 2.05. The maximum absolute atomic E-state index is 12.0. The van der Waals surface area contributed by atoms with Gasteiger partial charge in [0.05, 0.1) is 18.6 Å². The number of hydrogen-bond acceptors (Lipinski definition) is 2. The smallest absolute Gasteiger partial charge is 0.228 e. The first-order chi connectivity index (χ1) is 9.60. The largest absolute Gasteiger partial charge is 0.495 e. The molecule has 4 heteroatoms. The molecule has 2 rings (SSSR count). The predicted octanol–water partition coefficient (Wildman–Crippen LogP) is 3.84. The third-order valence-electron chi connectivity index (χ3n) is 3.05. The zero-order valence-electron chi connectivity index (χ0n) is 11.4. The molecular weight excluding hydrogens is 274 g/mol. The zero-order valence-corrected chi connectivity index (χ0v) is 12.2. The van der Waals surface area contributed by atoms with Crippen LogP contribution in [-0.2, 0) is 11.2 Å². The molecule has 0 aliphatic heterocycles. The standard InChI is InChI=1S/C16H16ClNO2/c1-11-5-3-4-6-12(11)9-16(19)18-13-7-8-15(20-2)14(17)10-13/h3-8,10H,9H2,1-2H3,(H,18,19). The van der Waals surface area contributed by atoms with Crippen LogP contribution in [0.4, 0.5) is 5.69 Å². The van der Waals surface area contributed by atoms with Crippen molar-refractivity contribution < 1.29 is 9.53 Å². The molecule has 0 spiro atoms. The molecule has 2 aromatic carbocycles. The fraction of sp³-hybridized carbons (Fsp3) is 0.188. The molecular formula is C16H16ClNO2. The Kier molecular flexibility index (Phi) is 4.64. The van der Waals surface area contributed by atoms with E-state index in [1.165, 1.54) is 0 Å². The van der Waals surface area contributed by atoms with E-state index in [2.05, 4.69) is 5.32 Å². The highest BCUT2D eigenvalue weighted by atomic mass is 35.5. The Labute approximate surface area is 123 Å². The van der Waals surface area contributed by atoms with Crippen molar-refractivity contribution in [3.63, 3.8) is 0 Å². The van der Waals surface area contributed by atoms with Crippen LogP contribution in [0.15, 0.2) is 42.5 Å². The summed E-state index contributed by atoms with van der Waals surface area (Å²) in [5.41, 5.74) is 2.79. The van der Waals surface area contributed by atoms with Gasteiger partial charge in [0, 0.05) is 5.69 Å². The maximum Gasteiger partial charge on any atom is 0.228 e. The third kappa shape index (κ3) is 3.52. The first-order valence-corrected chi connectivity index (χ1v) is 6.66. The molecule has 0 aromatic heterocycles. The van der Waals surface area contributed by atoms with E-state index in [0.717, 1.165) is 11.1 Å². The number of hydrogen-bond donors (Lipinski definition) is 1. The molecule has 104 valence electrons. The molecule has 1 amide bonds. The molecule has 0 radical (unpaired) electrons. The van der Waals surface area contributed by atoms with Gasteiger partial charge in [0.2, 0.25) is 5.91 Å². The molecule has 0 heterocycles. The number of nitrogens with one attached hydrogen (secondary N) is 1. The molecule has 0 bridgehead atoms. The fourth-order valence-corrected chi connectivity index (χ4v) is 2.19. The number of carbonyl (C=O) groups excluding carboxylic acids is 1. The van der Waals surface area contributed by atoms with Crippen molar-refractivity contribution >= 4 is 23.2 Å². The molecule has 0 atom stereocenters.